The predicted octanol–water partition coefficient (Wildman–Crippen LogP) is 3.83. The van der Waals surface area contributed by atoms with Crippen LogP contribution in [0.4, 0.5) is 0 Å². The Morgan fingerprint density at radius 3 is 3.00 bits per heavy atom. The normalized spacial score (nSPS) is 19.9. The summed E-state index contributed by atoms with van der Waals surface area (Å²) in [4.78, 5) is 14.6. The average molecular weight is 266 g/mol. The van der Waals surface area contributed by atoms with E-state index in [0.717, 1.165) is 36.9 Å². The minimum absolute atomic E-state index is 0.161. The van der Waals surface area contributed by atoms with Gasteiger partial charge in [0.25, 0.3) is 5.91 Å². The van der Waals surface area contributed by atoms with Gasteiger partial charge < -0.3 is 4.90 Å². The van der Waals surface area contributed by atoms with E-state index in [0.29, 0.717) is 11.9 Å². The van der Waals surface area contributed by atoms with Crippen molar-refractivity contribution in [2.75, 3.05) is 6.54 Å². The van der Waals surface area contributed by atoms with Gasteiger partial charge in [-0.05, 0) is 43.4 Å². The third-order valence-electron chi connectivity index (χ3n) is 3.69. The molecular weight excluding hydrogens is 246 g/mol. The smallest absolute Gasteiger partial charge is 0.254 e. The SMILES string of the molecule is CCC1CCCCN1C(=O)c1cccc(CCl)c1. The molecule has 0 N–H and O–H groups in total. The van der Waals surface area contributed by atoms with Crippen molar-refractivity contribution in [2.24, 2.45) is 0 Å². The van der Waals surface area contributed by atoms with Gasteiger partial charge in [0.1, 0.15) is 0 Å². The Morgan fingerprint density at radius 2 is 2.28 bits per heavy atom. The van der Waals surface area contributed by atoms with Crippen LogP contribution in [0.25, 0.3) is 0 Å². The summed E-state index contributed by atoms with van der Waals surface area (Å²) in [6.45, 7) is 3.05. The second kappa shape index (κ2) is 6.24. The van der Waals surface area contributed by atoms with Gasteiger partial charge >= 0.3 is 0 Å². The molecule has 1 atom stereocenters. The number of halogens is 1. The molecule has 1 aliphatic heterocycles. The molecule has 1 unspecified atom stereocenters. The fraction of sp³-hybridized carbons (Fsp3) is 0.533. The van der Waals surface area contributed by atoms with Crippen LogP contribution in [0, 0.1) is 0 Å². The summed E-state index contributed by atoms with van der Waals surface area (Å²) in [5, 5.41) is 0. The molecule has 0 bridgehead atoms. The molecule has 98 valence electrons. The van der Waals surface area contributed by atoms with Crippen molar-refractivity contribution < 1.29 is 4.79 Å². The topological polar surface area (TPSA) is 20.3 Å². The third-order valence-corrected chi connectivity index (χ3v) is 4.00. The standard InChI is InChI=1S/C15H20ClNO/c1-2-14-8-3-4-9-17(14)15(18)13-7-5-6-12(10-13)11-16/h5-7,10,14H,2-4,8-9,11H2,1H3. The summed E-state index contributed by atoms with van der Waals surface area (Å²) < 4.78 is 0. The lowest BCUT2D eigenvalue weighted by atomic mass is 9.98. The molecule has 2 rings (SSSR count). The zero-order valence-electron chi connectivity index (χ0n) is 10.9. The van der Waals surface area contributed by atoms with Crippen LogP contribution < -0.4 is 0 Å². The summed E-state index contributed by atoms with van der Waals surface area (Å²) in [6.07, 6.45) is 4.54. The molecule has 1 aromatic carbocycles. The molecule has 1 saturated heterocycles. The van der Waals surface area contributed by atoms with Gasteiger partial charge in [-0.25, -0.2) is 0 Å². The van der Waals surface area contributed by atoms with E-state index < -0.39 is 0 Å². The van der Waals surface area contributed by atoms with Gasteiger partial charge in [0.15, 0.2) is 0 Å². The highest BCUT2D eigenvalue weighted by molar-refractivity contribution is 6.17. The molecule has 0 spiro atoms. The molecule has 0 aromatic heterocycles. The molecule has 1 aromatic rings. The summed E-state index contributed by atoms with van der Waals surface area (Å²) in [7, 11) is 0. The second-order valence-electron chi connectivity index (χ2n) is 4.89. The number of carbonyl (C=O) groups excluding carboxylic acids is 1. The molecular formula is C15H20ClNO. The van der Waals surface area contributed by atoms with E-state index in [4.69, 9.17) is 11.6 Å². The highest BCUT2D eigenvalue weighted by Crippen LogP contribution is 2.22. The number of likely N-dealkylation sites (tertiary alicyclic amines) is 1. The number of alkyl halides is 1. The Kier molecular flexibility index (Phi) is 4.65. The van der Waals surface area contributed by atoms with Crippen molar-refractivity contribution in [3.8, 4) is 0 Å². The summed E-state index contributed by atoms with van der Waals surface area (Å²) >= 11 is 5.82. The molecule has 1 fully saturated rings. The number of benzene rings is 1. The number of hydrogen-bond acceptors (Lipinski definition) is 1. The van der Waals surface area contributed by atoms with Crippen LogP contribution in [0.15, 0.2) is 24.3 Å². The molecule has 3 heteroatoms. The zero-order chi connectivity index (χ0) is 13.0. The second-order valence-corrected chi connectivity index (χ2v) is 5.16. The maximum Gasteiger partial charge on any atom is 0.254 e. The summed E-state index contributed by atoms with van der Waals surface area (Å²) in [5.74, 6) is 0.617. The zero-order valence-corrected chi connectivity index (χ0v) is 11.6. The molecule has 0 saturated carbocycles. The predicted molar refractivity (Wildman–Crippen MR) is 75.0 cm³/mol. The lowest BCUT2D eigenvalue weighted by molar-refractivity contribution is 0.0608. The first kappa shape index (κ1) is 13.4. The van der Waals surface area contributed by atoms with Gasteiger partial charge in [-0.1, -0.05) is 19.1 Å². The van der Waals surface area contributed by atoms with E-state index in [1.54, 1.807) is 0 Å². The van der Waals surface area contributed by atoms with E-state index in [-0.39, 0.29) is 5.91 Å². The Balaban J connectivity index is 2.18. The molecule has 1 heterocycles. The Morgan fingerprint density at radius 1 is 1.44 bits per heavy atom. The number of rotatable bonds is 3. The number of amides is 1. The Bertz CT molecular complexity index is 419. The lowest BCUT2D eigenvalue weighted by Crippen LogP contribution is -2.43. The van der Waals surface area contributed by atoms with Crippen molar-refractivity contribution >= 4 is 17.5 Å². The quantitative estimate of drug-likeness (QED) is 0.761. The van der Waals surface area contributed by atoms with Crippen molar-refractivity contribution in [1.29, 1.82) is 0 Å². The fourth-order valence-electron chi connectivity index (χ4n) is 2.65. The van der Waals surface area contributed by atoms with Gasteiger partial charge in [-0.3, -0.25) is 4.79 Å². The van der Waals surface area contributed by atoms with Gasteiger partial charge in [-0.2, -0.15) is 0 Å². The number of piperidine rings is 1. The van der Waals surface area contributed by atoms with Crippen molar-refractivity contribution in [2.45, 2.75) is 44.5 Å². The molecule has 18 heavy (non-hydrogen) atoms. The van der Waals surface area contributed by atoms with E-state index in [1.807, 2.05) is 29.2 Å². The number of hydrogen-bond donors (Lipinski definition) is 0. The van der Waals surface area contributed by atoms with Crippen LogP contribution in [0.5, 0.6) is 0 Å². The van der Waals surface area contributed by atoms with Crippen molar-refractivity contribution in [1.82, 2.24) is 4.90 Å². The fourth-order valence-corrected chi connectivity index (χ4v) is 2.81. The largest absolute Gasteiger partial charge is 0.336 e. The Hall–Kier alpha value is -1.02. The van der Waals surface area contributed by atoms with Crippen LogP contribution in [-0.2, 0) is 5.88 Å². The maximum absolute atomic E-state index is 12.5. The van der Waals surface area contributed by atoms with Crippen LogP contribution >= 0.6 is 11.6 Å². The Labute approximate surface area is 114 Å². The minimum Gasteiger partial charge on any atom is -0.336 e. The van der Waals surface area contributed by atoms with Gasteiger partial charge in [-0.15, -0.1) is 11.6 Å². The summed E-state index contributed by atoms with van der Waals surface area (Å²) in [6, 6.07) is 8.08. The van der Waals surface area contributed by atoms with E-state index in [2.05, 4.69) is 6.92 Å². The van der Waals surface area contributed by atoms with Crippen molar-refractivity contribution in [3.05, 3.63) is 35.4 Å². The number of carbonyl (C=O) groups is 1. The van der Waals surface area contributed by atoms with Gasteiger partial charge in [0.05, 0.1) is 0 Å². The van der Waals surface area contributed by atoms with Crippen LogP contribution in [0.3, 0.4) is 0 Å². The first-order chi connectivity index (χ1) is 8.76. The average Bonchev–Trinajstić information content (AvgIpc) is 2.46. The summed E-state index contributed by atoms with van der Waals surface area (Å²) in [5.41, 5.74) is 1.78. The van der Waals surface area contributed by atoms with E-state index in [1.165, 1.54) is 6.42 Å². The maximum atomic E-state index is 12.5. The van der Waals surface area contributed by atoms with Gasteiger partial charge in [0, 0.05) is 24.0 Å². The van der Waals surface area contributed by atoms with Crippen LogP contribution in [0.2, 0.25) is 0 Å². The molecule has 0 aliphatic carbocycles. The first-order valence-electron chi connectivity index (χ1n) is 6.72. The first-order valence-corrected chi connectivity index (χ1v) is 7.25. The molecule has 1 aliphatic rings. The highest BCUT2D eigenvalue weighted by Gasteiger charge is 2.25. The van der Waals surface area contributed by atoms with Crippen molar-refractivity contribution in [3.63, 3.8) is 0 Å². The van der Waals surface area contributed by atoms with E-state index in [9.17, 15) is 4.79 Å². The van der Waals surface area contributed by atoms with Crippen LogP contribution in [0.1, 0.15) is 48.5 Å². The molecule has 0 radical (unpaired) electrons. The van der Waals surface area contributed by atoms with E-state index >= 15 is 0 Å². The number of nitrogens with zero attached hydrogens (tertiary/aromatic N) is 1. The highest BCUT2D eigenvalue weighted by atomic mass is 35.5. The van der Waals surface area contributed by atoms with Gasteiger partial charge in [0.2, 0.25) is 0 Å². The van der Waals surface area contributed by atoms with Crippen LogP contribution in [-0.4, -0.2) is 23.4 Å². The monoisotopic (exact) mass is 265 g/mol. The molecule has 1 amide bonds. The minimum atomic E-state index is 0.161. The third kappa shape index (κ3) is 2.86. The molecule has 2 nitrogen and oxygen atoms in total. The lowest BCUT2D eigenvalue weighted by Gasteiger charge is -2.35.